The average molecular weight is 396 g/mol. The number of halogens is 1. The maximum absolute atomic E-state index is 13.0. The Bertz CT molecular complexity index is 628. The van der Waals surface area contributed by atoms with E-state index in [-0.39, 0.29) is 17.7 Å². The van der Waals surface area contributed by atoms with Crippen LogP contribution < -0.4 is 10.2 Å². The van der Waals surface area contributed by atoms with Crippen LogP contribution in [0.1, 0.15) is 52.5 Å². The Kier molecular flexibility index (Phi) is 9.64. The van der Waals surface area contributed by atoms with Crippen molar-refractivity contribution < 1.29 is 9.59 Å². The highest BCUT2D eigenvalue weighted by molar-refractivity contribution is 6.32. The van der Waals surface area contributed by atoms with Gasteiger partial charge in [-0.1, -0.05) is 20.8 Å². The molecule has 5 nitrogen and oxygen atoms in total. The topological polar surface area (TPSA) is 52.7 Å². The van der Waals surface area contributed by atoms with Crippen molar-refractivity contribution in [3.8, 4) is 0 Å². The summed E-state index contributed by atoms with van der Waals surface area (Å²) in [5, 5.41) is 2.23. The molecule has 27 heavy (non-hydrogen) atoms. The molecule has 0 saturated carbocycles. The van der Waals surface area contributed by atoms with Gasteiger partial charge in [-0.2, -0.15) is 0 Å². The Balaban J connectivity index is 3.17. The first-order valence-corrected chi connectivity index (χ1v) is 10.2. The zero-order valence-corrected chi connectivity index (χ0v) is 18.3. The average Bonchev–Trinajstić information content (AvgIpc) is 2.62. The molecule has 2 amide bonds. The number of alkyl halides is 1. The van der Waals surface area contributed by atoms with E-state index in [2.05, 4.69) is 26.1 Å². The maximum atomic E-state index is 13.0. The van der Waals surface area contributed by atoms with Crippen molar-refractivity contribution >= 4 is 34.8 Å². The van der Waals surface area contributed by atoms with Crippen molar-refractivity contribution in [3.05, 3.63) is 23.8 Å². The molecule has 0 fully saturated rings. The molecule has 1 atom stereocenters. The van der Waals surface area contributed by atoms with Crippen molar-refractivity contribution in [1.29, 1.82) is 0 Å². The third-order valence-electron chi connectivity index (χ3n) is 4.69. The molecule has 0 aromatic heterocycles. The highest BCUT2D eigenvalue weighted by Gasteiger charge is 2.22. The second-order valence-electron chi connectivity index (χ2n) is 7.12. The summed E-state index contributed by atoms with van der Waals surface area (Å²) < 4.78 is 0. The molecule has 1 N–H and O–H groups in total. The fourth-order valence-electron chi connectivity index (χ4n) is 3.11. The van der Waals surface area contributed by atoms with E-state index in [0.29, 0.717) is 12.2 Å². The van der Waals surface area contributed by atoms with Gasteiger partial charge in [0.1, 0.15) is 5.38 Å². The monoisotopic (exact) mass is 395 g/mol. The van der Waals surface area contributed by atoms with Crippen molar-refractivity contribution in [1.82, 2.24) is 4.90 Å². The van der Waals surface area contributed by atoms with Gasteiger partial charge in [0.2, 0.25) is 11.8 Å². The fraction of sp³-hybridized carbons (Fsp3) is 0.619. The van der Waals surface area contributed by atoms with Crippen LogP contribution in [0.5, 0.6) is 0 Å². The van der Waals surface area contributed by atoms with Crippen LogP contribution in [-0.4, -0.2) is 42.7 Å². The molecule has 1 rings (SSSR count). The number of nitrogens with one attached hydrogen (secondary N) is 1. The quantitative estimate of drug-likeness (QED) is 0.593. The van der Waals surface area contributed by atoms with Crippen LogP contribution in [0.25, 0.3) is 0 Å². The van der Waals surface area contributed by atoms with E-state index >= 15 is 0 Å². The van der Waals surface area contributed by atoms with Crippen LogP contribution in [0.3, 0.4) is 0 Å². The second kappa shape index (κ2) is 11.2. The maximum Gasteiger partial charge on any atom is 0.242 e. The van der Waals surface area contributed by atoms with Gasteiger partial charge in [0.25, 0.3) is 0 Å². The molecule has 1 aromatic rings. The summed E-state index contributed by atoms with van der Waals surface area (Å²) in [4.78, 5) is 28.8. The first kappa shape index (κ1) is 23.3. The molecular weight excluding hydrogens is 362 g/mol. The number of anilines is 2. The van der Waals surface area contributed by atoms with Gasteiger partial charge in [0.15, 0.2) is 0 Å². The second-order valence-corrected chi connectivity index (χ2v) is 7.77. The summed E-state index contributed by atoms with van der Waals surface area (Å²) in [6, 6.07) is 5.77. The fourth-order valence-corrected chi connectivity index (χ4v) is 3.16. The highest BCUT2D eigenvalue weighted by atomic mass is 35.5. The summed E-state index contributed by atoms with van der Waals surface area (Å²) >= 11 is 5.86. The van der Waals surface area contributed by atoms with E-state index in [1.807, 2.05) is 42.1 Å². The van der Waals surface area contributed by atoms with Gasteiger partial charge in [-0.15, -0.1) is 11.6 Å². The summed E-state index contributed by atoms with van der Waals surface area (Å²) in [6.45, 7) is 9.09. The van der Waals surface area contributed by atoms with Crippen molar-refractivity contribution in [2.45, 2.75) is 58.9 Å². The van der Waals surface area contributed by atoms with E-state index < -0.39 is 5.38 Å². The smallest absolute Gasteiger partial charge is 0.242 e. The number of carbonyl (C=O) groups is 2. The van der Waals surface area contributed by atoms with Crippen LogP contribution in [0.2, 0.25) is 0 Å². The van der Waals surface area contributed by atoms with Crippen LogP contribution in [0, 0.1) is 5.92 Å². The van der Waals surface area contributed by atoms with Crippen LogP contribution in [-0.2, 0) is 16.1 Å². The lowest BCUT2D eigenvalue weighted by atomic mass is 10.0. The highest BCUT2D eigenvalue weighted by Crippen LogP contribution is 2.26. The van der Waals surface area contributed by atoms with Gasteiger partial charge in [0, 0.05) is 44.5 Å². The minimum absolute atomic E-state index is 0.0549. The summed E-state index contributed by atoms with van der Waals surface area (Å²) in [6.07, 6.45) is 2.60. The number of rotatable bonds is 10. The summed E-state index contributed by atoms with van der Waals surface area (Å²) in [5.41, 5.74) is 2.73. The molecule has 0 aliphatic rings. The van der Waals surface area contributed by atoms with Crippen LogP contribution in [0.15, 0.2) is 18.2 Å². The summed E-state index contributed by atoms with van der Waals surface area (Å²) in [7, 11) is 3.95. The molecule has 6 heteroatoms. The van der Waals surface area contributed by atoms with Crippen molar-refractivity contribution in [3.63, 3.8) is 0 Å². The lowest BCUT2D eigenvalue weighted by Crippen LogP contribution is -2.36. The molecule has 0 aliphatic carbocycles. The molecule has 0 radical (unpaired) electrons. The lowest BCUT2D eigenvalue weighted by Gasteiger charge is -2.28. The Morgan fingerprint density at radius 3 is 2.26 bits per heavy atom. The van der Waals surface area contributed by atoms with Gasteiger partial charge < -0.3 is 15.1 Å². The minimum atomic E-state index is -0.602. The number of hydrogen-bond acceptors (Lipinski definition) is 3. The Morgan fingerprint density at radius 2 is 1.78 bits per heavy atom. The summed E-state index contributed by atoms with van der Waals surface area (Å²) in [5.74, 6) is 0.0217. The van der Waals surface area contributed by atoms with E-state index in [1.54, 1.807) is 6.92 Å². The zero-order chi connectivity index (χ0) is 20.6. The Labute approximate surface area is 169 Å². The minimum Gasteiger partial charge on any atom is -0.377 e. The number of nitrogens with zero attached hydrogens (tertiary/aromatic N) is 2. The van der Waals surface area contributed by atoms with Crippen molar-refractivity contribution in [2.24, 2.45) is 5.92 Å². The van der Waals surface area contributed by atoms with Crippen LogP contribution in [0.4, 0.5) is 11.4 Å². The van der Waals surface area contributed by atoms with E-state index in [9.17, 15) is 9.59 Å². The Hall–Kier alpha value is -1.75. The number of carbonyl (C=O) groups excluding carboxylic acids is 2. The molecule has 0 aliphatic heterocycles. The van der Waals surface area contributed by atoms with Gasteiger partial charge in [-0.05, 0) is 49.9 Å². The predicted molar refractivity (Wildman–Crippen MR) is 114 cm³/mol. The van der Waals surface area contributed by atoms with Gasteiger partial charge in [-0.3, -0.25) is 9.59 Å². The van der Waals surface area contributed by atoms with Crippen molar-refractivity contribution in [2.75, 3.05) is 30.9 Å². The van der Waals surface area contributed by atoms with E-state index in [1.165, 1.54) is 0 Å². The number of benzene rings is 1. The van der Waals surface area contributed by atoms with Gasteiger partial charge in [0.05, 0.1) is 0 Å². The third kappa shape index (κ3) is 6.73. The first-order valence-electron chi connectivity index (χ1n) is 9.78. The normalized spacial score (nSPS) is 12.0. The number of amides is 2. The molecular formula is C21H34ClN3O2. The van der Waals surface area contributed by atoms with E-state index in [0.717, 1.165) is 37.1 Å². The molecule has 0 unspecified atom stereocenters. The van der Waals surface area contributed by atoms with Crippen LogP contribution >= 0.6 is 11.6 Å². The van der Waals surface area contributed by atoms with Gasteiger partial charge in [-0.25, -0.2) is 0 Å². The Morgan fingerprint density at radius 1 is 1.15 bits per heavy atom. The molecule has 1 aromatic carbocycles. The molecule has 0 heterocycles. The molecule has 0 spiro atoms. The molecule has 152 valence electrons. The standard InChI is InChI=1S/C21H34ClN3O2/c1-7-12-25(21(27)16(8-2)9-3)14-17-13-18(23-20(26)15(4)22)10-11-19(17)24(5)6/h10-11,13,15-16H,7-9,12,14H2,1-6H3,(H,23,26)/t15-/m0/s1. The predicted octanol–water partition coefficient (Wildman–Crippen LogP) is 4.49. The largest absolute Gasteiger partial charge is 0.377 e. The SMILES string of the molecule is CCCN(Cc1cc(NC(=O)[C@H](C)Cl)ccc1N(C)C)C(=O)C(CC)CC. The zero-order valence-electron chi connectivity index (χ0n) is 17.5. The number of hydrogen-bond donors (Lipinski definition) is 1. The molecule has 0 saturated heterocycles. The van der Waals surface area contributed by atoms with E-state index in [4.69, 9.17) is 11.6 Å². The first-order chi connectivity index (χ1) is 12.7. The lowest BCUT2D eigenvalue weighted by molar-refractivity contribution is -0.136. The molecule has 0 bridgehead atoms. The van der Waals surface area contributed by atoms with Gasteiger partial charge >= 0.3 is 0 Å². The third-order valence-corrected chi connectivity index (χ3v) is 4.89.